The van der Waals surface area contributed by atoms with Gasteiger partial charge >= 0.3 is 0 Å². The molecule has 1 aromatic heterocycles. The summed E-state index contributed by atoms with van der Waals surface area (Å²) in [7, 11) is 1.60. The van der Waals surface area contributed by atoms with Crippen LogP contribution < -0.4 is 10.1 Å². The summed E-state index contributed by atoms with van der Waals surface area (Å²) in [5.74, 6) is 0.790. The van der Waals surface area contributed by atoms with Gasteiger partial charge in [-0.1, -0.05) is 41.3 Å². The molecule has 0 aliphatic heterocycles. The van der Waals surface area contributed by atoms with Crippen molar-refractivity contribution < 1.29 is 9.53 Å². The van der Waals surface area contributed by atoms with Gasteiger partial charge in [0.25, 0.3) is 0 Å². The van der Waals surface area contributed by atoms with Crippen molar-refractivity contribution in [3.8, 4) is 5.75 Å². The van der Waals surface area contributed by atoms with Crippen LogP contribution in [0, 0.1) is 0 Å². The molecule has 128 valence electrons. The second kappa shape index (κ2) is 8.13. The summed E-state index contributed by atoms with van der Waals surface area (Å²) in [4.78, 5) is 12.5. The van der Waals surface area contributed by atoms with Crippen molar-refractivity contribution in [1.29, 1.82) is 0 Å². The molecule has 0 spiro atoms. The Morgan fingerprint density at radius 3 is 2.52 bits per heavy atom. The number of carbonyl (C=O) groups excluding carboxylic acids is 1. The summed E-state index contributed by atoms with van der Waals surface area (Å²) in [6.07, 6.45) is 0. The van der Waals surface area contributed by atoms with Crippen molar-refractivity contribution >= 4 is 39.7 Å². The van der Waals surface area contributed by atoms with Gasteiger partial charge in [0.05, 0.1) is 12.4 Å². The summed E-state index contributed by atoms with van der Waals surface area (Å²) < 4.78 is 5.87. The van der Waals surface area contributed by atoms with Crippen LogP contribution in [-0.2, 0) is 0 Å². The van der Waals surface area contributed by atoms with Gasteiger partial charge in [-0.2, -0.15) is 0 Å². The van der Waals surface area contributed by atoms with Crippen LogP contribution in [0.25, 0.3) is 0 Å². The van der Waals surface area contributed by atoms with E-state index in [0.717, 1.165) is 15.8 Å². The van der Waals surface area contributed by atoms with Crippen LogP contribution in [0.3, 0.4) is 0 Å². The SMILES string of the molecule is COc1ccc(C(=O)[C@H](C)Sc2nnc(Nc3ccccc3)s2)cc1. The minimum absolute atomic E-state index is 0.0559. The minimum Gasteiger partial charge on any atom is -0.497 e. The van der Waals surface area contributed by atoms with Crippen molar-refractivity contribution in [2.24, 2.45) is 0 Å². The standard InChI is InChI=1S/C18H17N3O2S2/c1-12(16(22)13-8-10-15(23-2)11-9-13)24-18-21-20-17(25-18)19-14-6-4-3-5-7-14/h3-12H,1-2H3,(H,19,20)/t12-/m0/s1. The summed E-state index contributed by atoms with van der Waals surface area (Å²) in [6.45, 7) is 1.88. The summed E-state index contributed by atoms with van der Waals surface area (Å²) >= 11 is 2.84. The predicted molar refractivity (Wildman–Crippen MR) is 102 cm³/mol. The van der Waals surface area contributed by atoms with E-state index in [1.807, 2.05) is 37.3 Å². The van der Waals surface area contributed by atoms with E-state index in [1.165, 1.54) is 23.1 Å². The Morgan fingerprint density at radius 2 is 1.84 bits per heavy atom. The van der Waals surface area contributed by atoms with Gasteiger partial charge in [-0.15, -0.1) is 10.2 Å². The largest absolute Gasteiger partial charge is 0.497 e. The molecular weight excluding hydrogens is 354 g/mol. The van der Waals surface area contributed by atoms with E-state index in [4.69, 9.17) is 4.74 Å². The average Bonchev–Trinajstić information content (AvgIpc) is 3.08. The molecule has 1 atom stereocenters. The number of aromatic nitrogens is 2. The Labute approximate surface area is 154 Å². The van der Waals surface area contributed by atoms with Gasteiger partial charge < -0.3 is 10.1 Å². The lowest BCUT2D eigenvalue weighted by molar-refractivity contribution is 0.0994. The van der Waals surface area contributed by atoms with Crippen LogP contribution in [0.4, 0.5) is 10.8 Å². The fourth-order valence-corrected chi connectivity index (χ4v) is 4.14. The zero-order chi connectivity index (χ0) is 17.6. The molecule has 0 saturated heterocycles. The first-order valence-electron chi connectivity index (χ1n) is 7.66. The van der Waals surface area contributed by atoms with Crippen LogP contribution >= 0.6 is 23.1 Å². The quantitative estimate of drug-likeness (QED) is 0.482. The number of hydrogen-bond donors (Lipinski definition) is 1. The molecule has 0 fully saturated rings. The van der Waals surface area contributed by atoms with Gasteiger partial charge in [0.2, 0.25) is 5.13 Å². The fourth-order valence-electron chi connectivity index (χ4n) is 2.15. The second-order valence-electron chi connectivity index (χ2n) is 5.22. The van der Waals surface area contributed by atoms with E-state index in [0.29, 0.717) is 10.7 Å². The van der Waals surface area contributed by atoms with Gasteiger partial charge in [-0.3, -0.25) is 4.79 Å². The van der Waals surface area contributed by atoms with Crippen LogP contribution in [0.1, 0.15) is 17.3 Å². The highest BCUT2D eigenvalue weighted by Crippen LogP contribution is 2.31. The van der Waals surface area contributed by atoms with E-state index in [-0.39, 0.29) is 11.0 Å². The Hall–Kier alpha value is -2.38. The number of hydrogen-bond acceptors (Lipinski definition) is 7. The zero-order valence-corrected chi connectivity index (χ0v) is 15.4. The van der Waals surface area contributed by atoms with Gasteiger partial charge in [0, 0.05) is 11.3 Å². The Balaban J connectivity index is 1.62. The zero-order valence-electron chi connectivity index (χ0n) is 13.8. The highest BCUT2D eigenvalue weighted by Gasteiger charge is 2.19. The second-order valence-corrected chi connectivity index (χ2v) is 7.78. The first-order chi connectivity index (χ1) is 12.2. The number of carbonyl (C=O) groups is 1. The van der Waals surface area contributed by atoms with E-state index in [1.54, 1.807) is 31.4 Å². The third-order valence-electron chi connectivity index (χ3n) is 3.45. The smallest absolute Gasteiger partial charge is 0.210 e. The molecule has 25 heavy (non-hydrogen) atoms. The van der Waals surface area contributed by atoms with Gasteiger partial charge in [-0.05, 0) is 43.3 Å². The average molecular weight is 371 g/mol. The highest BCUT2D eigenvalue weighted by atomic mass is 32.2. The monoisotopic (exact) mass is 371 g/mol. The van der Waals surface area contributed by atoms with E-state index >= 15 is 0 Å². The molecule has 0 amide bonds. The summed E-state index contributed by atoms with van der Waals surface area (Å²) in [5, 5.41) is 11.9. The van der Waals surface area contributed by atoms with Crippen molar-refractivity contribution in [3.63, 3.8) is 0 Å². The van der Waals surface area contributed by atoms with Gasteiger partial charge in [0.1, 0.15) is 5.75 Å². The van der Waals surface area contributed by atoms with Crippen molar-refractivity contribution in [3.05, 3.63) is 60.2 Å². The molecule has 7 heteroatoms. The number of ether oxygens (including phenoxy) is 1. The number of nitrogens with one attached hydrogen (secondary N) is 1. The van der Waals surface area contributed by atoms with Crippen LogP contribution in [0.2, 0.25) is 0 Å². The highest BCUT2D eigenvalue weighted by molar-refractivity contribution is 8.02. The molecular formula is C18H17N3O2S2. The molecule has 0 aliphatic rings. The molecule has 3 aromatic rings. The third-order valence-corrected chi connectivity index (χ3v) is 5.48. The molecule has 1 N–H and O–H groups in total. The van der Waals surface area contributed by atoms with Crippen LogP contribution in [0.5, 0.6) is 5.75 Å². The van der Waals surface area contributed by atoms with E-state index in [9.17, 15) is 4.79 Å². The Morgan fingerprint density at radius 1 is 1.12 bits per heavy atom. The van der Waals surface area contributed by atoms with E-state index in [2.05, 4.69) is 15.5 Å². The van der Waals surface area contributed by atoms with Crippen molar-refractivity contribution in [2.75, 3.05) is 12.4 Å². The Kier molecular flexibility index (Phi) is 5.67. The number of benzene rings is 2. The first kappa shape index (κ1) is 17.4. The van der Waals surface area contributed by atoms with Gasteiger partial charge in [0.15, 0.2) is 10.1 Å². The lowest BCUT2D eigenvalue weighted by Gasteiger charge is -2.08. The molecule has 5 nitrogen and oxygen atoms in total. The van der Waals surface area contributed by atoms with E-state index < -0.39 is 0 Å². The normalized spacial score (nSPS) is 11.8. The number of methoxy groups -OCH3 is 1. The molecule has 3 rings (SSSR count). The number of para-hydroxylation sites is 1. The maximum absolute atomic E-state index is 12.5. The number of thioether (sulfide) groups is 1. The molecule has 0 bridgehead atoms. The Bertz CT molecular complexity index is 835. The maximum Gasteiger partial charge on any atom is 0.210 e. The fraction of sp³-hybridized carbons (Fsp3) is 0.167. The topological polar surface area (TPSA) is 64.1 Å². The number of anilines is 2. The molecule has 0 saturated carbocycles. The molecule has 0 unspecified atom stereocenters. The molecule has 0 radical (unpaired) electrons. The number of nitrogens with zero attached hydrogens (tertiary/aromatic N) is 2. The number of ketones is 1. The number of Topliss-reactive ketones (excluding diaryl/α,β-unsaturated/α-hetero) is 1. The molecule has 2 aromatic carbocycles. The third kappa shape index (κ3) is 4.58. The summed E-state index contributed by atoms with van der Waals surface area (Å²) in [5.41, 5.74) is 1.62. The minimum atomic E-state index is -0.245. The van der Waals surface area contributed by atoms with Crippen molar-refractivity contribution in [1.82, 2.24) is 10.2 Å². The number of rotatable bonds is 7. The maximum atomic E-state index is 12.5. The molecule has 1 heterocycles. The lowest BCUT2D eigenvalue weighted by atomic mass is 10.1. The predicted octanol–water partition coefficient (Wildman–Crippen LogP) is 4.65. The van der Waals surface area contributed by atoms with Crippen LogP contribution in [-0.4, -0.2) is 28.3 Å². The van der Waals surface area contributed by atoms with Gasteiger partial charge in [-0.25, -0.2) is 0 Å². The lowest BCUT2D eigenvalue weighted by Crippen LogP contribution is -2.13. The first-order valence-corrected chi connectivity index (χ1v) is 9.36. The van der Waals surface area contributed by atoms with Crippen LogP contribution in [0.15, 0.2) is 58.9 Å². The summed E-state index contributed by atoms with van der Waals surface area (Å²) in [6, 6.07) is 16.9. The molecule has 0 aliphatic carbocycles. The van der Waals surface area contributed by atoms with Crippen molar-refractivity contribution in [2.45, 2.75) is 16.5 Å².